The van der Waals surface area contributed by atoms with Crippen LogP contribution in [0.5, 0.6) is 0 Å². The zero-order valence-electron chi connectivity index (χ0n) is 11.1. The number of amides is 1. The Balaban J connectivity index is 1.80. The number of hydrogen-bond donors (Lipinski definition) is 2. The first kappa shape index (κ1) is 13.5. The van der Waals surface area contributed by atoms with Gasteiger partial charge in [-0.1, -0.05) is 6.92 Å². The van der Waals surface area contributed by atoms with E-state index in [-0.39, 0.29) is 5.91 Å². The van der Waals surface area contributed by atoms with Crippen LogP contribution in [0.15, 0.2) is 39.9 Å². The molecule has 2 atom stereocenters. The standard InChI is InChI=1S/C15H16N2OS2/c1-9-8-13(12-6-7-19-15(12)20-9)17-11-4-2-10(3-5-11)14(16)18/h2-7,9,13,17H,8H2,1H3,(H2,16,18)/t9-,13?/m0/s1. The Morgan fingerprint density at radius 2 is 2.05 bits per heavy atom. The number of rotatable bonds is 3. The van der Waals surface area contributed by atoms with Crippen LogP contribution in [-0.4, -0.2) is 11.2 Å². The molecule has 1 unspecified atom stereocenters. The average Bonchev–Trinajstić information content (AvgIpc) is 2.87. The van der Waals surface area contributed by atoms with Crippen LogP contribution in [0.2, 0.25) is 0 Å². The number of carbonyl (C=O) groups excluding carboxylic acids is 1. The van der Waals surface area contributed by atoms with E-state index in [0.29, 0.717) is 16.9 Å². The second-order valence-electron chi connectivity index (χ2n) is 4.97. The maximum Gasteiger partial charge on any atom is 0.248 e. The number of carbonyl (C=O) groups is 1. The van der Waals surface area contributed by atoms with E-state index in [1.807, 2.05) is 35.2 Å². The monoisotopic (exact) mass is 304 g/mol. The third-order valence-corrected chi connectivity index (χ3v) is 5.76. The van der Waals surface area contributed by atoms with Crippen LogP contribution in [0.25, 0.3) is 0 Å². The molecule has 0 spiro atoms. The summed E-state index contributed by atoms with van der Waals surface area (Å²) in [4.78, 5) is 11.1. The molecular weight excluding hydrogens is 288 g/mol. The van der Waals surface area contributed by atoms with E-state index in [4.69, 9.17) is 5.73 Å². The zero-order chi connectivity index (χ0) is 14.1. The van der Waals surface area contributed by atoms with Gasteiger partial charge in [-0.25, -0.2) is 0 Å². The summed E-state index contributed by atoms with van der Waals surface area (Å²) in [7, 11) is 0. The van der Waals surface area contributed by atoms with Crippen molar-refractivity contribution in [3.63, 3.8) is 0 Å². The molecule has 5 heteroatoms. The molecule has 1 aliphatic heterocycles. The Morgan fingerprint density at radius 1 is 1.30 bits per heavy atom. The van der Waals surface area contributed by atoms with Gasteiger partial charge < -0.3 is 11.1 Å². The Kier molecular flexibility index (Phi) is 3.72. The van der Waals surface area contributed by atoms with Gasteiger partial charge in [-0.15, -0.1) is 23.1 Å². The number of nitrogens with one attached hydrogen (secondary N) is 1. The second-order valence-corrected chi connectivity index (χ2v) is 7.59. The number of primary amides is 1. The molecule has 0 fully saturated rings. The van der Waals surface area contributed by atoms with Crippen molar-refractivity contribution in [2.24, 2.45) is 5.73 Å². The zero-order valence-corrected chi connectivity index (χ0v) is 12.8. The lowest BCUT2D eigenvalue weighted by Gasteiger charge is -2.28. The molecule has 0 saturated carbocycles. The quantitative estimate of drug-likeness (QED) is 0.904. The topological polar surface area (TPSA) is 55.1 Å². The van der Waals surface area contributed by atoms with Gasteiger partial charge in [-0.3, -0.25) is 4.79 Å². The van der Waals surface area contributed by atoms with Crippen molar-refractivity contribution in [1.29, 1.82) is 0 Å². The van der Waals surface area contributed by atoms with Crippen molar-refractivity contribution in [2.45, 2.75) is 28.8 Å². The lowest BCUT2D eigenvalue weighted by molar-refractivity contribution is 0.100. The Bertz CT molecular complexity index is 621. The van der Waals surface area contributed by atoms with Crippen LogP contribution in [0.4, 0.5) is 5.69 Å². The number of nitrogens with two attached hydrogens (primary N) is 1. The lowest BCUT2D eigenvalue weighted by atomic mass is 10.0. The molecule has 2 aromatic rings. The van der Waals surface area contributed by atoms with E-state index in [9.17, 15) is 4.79 Å². The predicted octanol–water partition coefficient (Wildman–Crippen LogP) is 3.88. The molecule has 0 saturated heterocycles. The third kappa shape index (κ3) is 2.69. The van der Waals surface area contributed by atoms with Crippen LogP contribution in [0.3, 0.4) is 0 Å². The summed E-state index contributed by atoms with van der Waals surface area (Å²) in [6, 6.07) is 9.90. The van der Waals surface area contributed by atoms with E-state index in [1.165, 1.54) is 9.77 Å². The highest BCUT2D eigenvalue weighted by Crippen LogP contribution is 2.44. The van der Waals surface area contributed by atoms with Crippen molar-refractivity contribution in [3.05, 3.63) is 46.8 Å². The van der Waals surface area contributed by atoms with Crippen molar-refractivity contribution < 1.29 is 4.79 Å². The van der Waals surface area contributed by atoms with Gasteiger partial charge in [0.25, 0.3) is 0 Å². The molecule has 3 rings (SSSR count). The van der Waals surface area contributed by atoms with Gasteiger partial charge in [0.05, 0.1) is 10.3 Å². The first-order valence-corrected chi connectivity index (χ1v) is 8.30. The summed E-state index contributed by atoms with van der Waals surface area (Å²) >= 11 is 3.77. The molecule has 0 aliphatic carbocycles. The maximum atomic E-state index is 11.1. The number of benzene rings is 1. The van der Waals surface area contributed by atoms with Gasteiger partial charge in [0.15, 0.2) is 0 Å². The Hall–Kier alpha value is -1.46. The van der Waals surface area contributed by atoms with Crippen LogP contribution >= 0.6 is 23.1 Å². The molecule has 3 nitrogen and oxygen atoms in total. The molecule has 104 valence electrons. The molecule has 0 radical (unpaired) electrons. The molecule has 1 amide bonds. The minimum absolute atomic E-state index is 0.340. The average molecular weight is 304 g/mol. The van der Waals surface area contributed by atoms with Gasteiger partial charge in [0, 0.05) is 16.5 Å². The molecule has 0 bridgehead atoms. The summed E-state index contributed by atoms with van der Waals surface area (Å²) in [6.45, 7) is 2.26. The van der Waals surface area contributed by atoms with E-state index in [1.54, 1.807) is 12.1 Å². The van der Waals surface area contributed by atoms with Gasteiger partial charge in [-0.05, 0) is 47.7 Å². The van der Waals surface area contributed by atoms with Gasteiger partial charge in [0.2, 0.25) is 5.91 Å². The van der Waals surface area contributed by atoms with Gasteiger partial charge in [0.1, 0.15) is 0 Å². The largest absolute Gasteiger partial charge is 0.378 e. The highest BCUT2D eigenvalue weighted by atomic mass is 32.2. The molecule has 1 aromatic heterocycles. The molecule has 1 aliphatic rings. The maximum absolute atomic E-state index is 11.1. The smallest absolute Gasteiger partial charge is 0.248 e. The third-order valence-electron chi connectivity index (χ3n) is 3.42. The van der Waals surface area contributed by atoms with E-state index < -0.39 is 0 Å². The summed E-state index contributed by atoms with van der Waals surface area (Å²) in [5.74, 6) is -0.389. The first-order chi connectivity index (χ1) is 9.63. The highest BCUT2D eigenvalue weighted by molar-refractivity contribution is 8.01. The minimum Gasteiger partial charge on any atom is -0.378 e. The molecule has 3 N–H and O–H groups in total. The van der Waals surface area contributed by atoms with Crippen molar-refractivity contribution in [3.8, 4) is 0 Å². The highest BCUT2D eigenvalue weighted by Gasteiger charge is 2.26. The van der Waals surface area contributed by atoms with Gasteiger partial charge in [-0.2, -0.15) is 0 Å². The summed E-state index contributed by atoms with van der Waals surface area (Å²) in [5.41, 5.74) is 8.21. The fourth-order valence-electron chi connectivity index (χ4n) is 2.42. The number of thioether (sulfide) groups is 1. The number of anilines is 1. The van der Waals surface area contributed by atoms with E-state index >= 15 is 0 Å². The Morgan fingerprint density at radius 3 is 2.75 bits per heavy atom. The predicted molar refractivity (Wildman–Crippen MR) is 85.6 cm³/mol. The number of thiophene rings is 1. The Labute approximate surface area is 126 Å². The number of hydrogen-bond acceptors (Lipinski definition) is 4. The van der Waals surface area contributed by atoms with Crippen LogP contribution in [0, 0.1) is 0 Å². The van der Waals surface area contributed by atoms with Crippen molar-refractivity contribution in [1.82, 2.24) is 0 Å². The fraction of sp³-hybridized carbons (Fsp3) is 0.267. The van der Waals surface area contributed by atoms with Gasteiger partial charge >= 0.3 is 0 Å². The van der Waals surface area contributed by atoms with Crippen LogP contribution in [0.1, 0.15) is 35.3 Å². The normalized spacial score (nSPS) is 21.2. The van der Waals surface area contributed by atoms with E-state index in [2.05, 4.69) is 23.7 Å². The first-order valence-electron chi connectivity index (χ1n) is 6.54. The summed E-state index contributed by atoms with van der Waals surface area (Å²) < 4.78 is 1.41. The van der Waals surface area contributed by atoms with Crippen molar-refractivity contribution in [2.75, 3.05) is 5.32 Å². The van der Waals surface area contributed by atoms with E-state index in [0.717, 1.165) is 12.1 Å². The molecule has 2 heterocycles. The van der Waals surface area contributed by atoms with Crippen molar-refractivity contribution >= 4 is 34.7 Å². The number of fused-ring (bicyclic) bond motifs is 1. The van der Waals surface area contributed by atoms with Crippen LogP contribution < -0.4 is 11.1 Å². The molecule has 20 heavy (non-hydrogen) atoms. The lowest BCUT2D eigenvalue weighted by Crippen LogP contribution is -2.19. The molecular formula is C15H16N2OS2. The summed E-state index contributed by atoms with van der Waals surface area (Å²) in [5, 5.41) is 6.33. The fourth-order valence-corrected chi connectivity index (χ4v) is 4.98. The second kappa shape index (κ2) is 5.50. The molecule has 1 aromatic carbocycles. The SMILES string of the molecule is C[C@H]1CC(Nc2ccc(C(N)=O)cc2)c2ccsc2S1. The van der Waals surface area contributed by atoms with Crippen LogP contribution in [-0.2, 0) is 0 Å². The minimum atomic E-state index is -0.389. The summed E-state index contributed by atoms with van der Waals surface area (Å²) in [6.07, 6.45) is 1.10.